The molecule has 1 saturated heterocycles. The summed E-state index contributed by atoms with van der Waals surface area (Å²) in [6.45, 7) is 1.93. The monoisotopic (exact) mass is 325 g/mol. The van der Waals surface area contributed by atoms with Crippen LogP contribution in [0.1, 0.15) is 29.6 Å². The van der Waals surface area contributed by atoms with E-state index in [1.807, 2.05) is 18.2 Å². The summed E-state index contributed by atoms with van der Waals surface area (Å²) < 4.78 is 15.9. The fourth-order valence-corrected chi connectivity index (χ4v) is 2.54. The SMILES string of the molecule is COc1ccc(Cc2noc(C3CCNC3)n2)cc1OC.Cl. The van der Waals surface area contributed by atoms with E-state index in [4.69, 9.17) is 14.0 Å². The van der Waals surface area contributed by atoms with Crippen molar-refractivity contribution in [2.75, 3.05) is 27.3 Å². The Balaban J connectivity index is 0.00000176. The van der Waals surface area contributed by atoms with Gasteiger partial charge in [-0.3, -0.25) is 0 Å². The van der Waals surface area contributed by atoms with Gasteiger partial charge in [0.1, 0.15) is 0 Å². The van der Waals surface area contributed by atoms with Gasteiger partial charge in [0.2, 0.25) is 5.89 Å². The third kappa shape index (κ3) is 3.51. The third-order valence-corrected chi connectivity index (χ3v) is 3.70. The number of hydrogen-bond donors (Lipinski definition) is 1. The normalized spacial score (nSPS) is 17.1. The molecule has 1 aliphatic rings. The molecule has 1 atom stereocenters. The standard InChI is InChI=1S/C15H19N3O3.ClH/c1-19-12-4-3-10(7-13(12)20-2)8-14-17-15(21-18-14)11-5-6-16-9-11;/h3-4,7,11,16H,5-6,8-9H2,1-2H3;1H. The van der Waals surface area contributed by atoms with Crippen LogP contribution in [0.3, 0.4) is 0 Å². The lowest BCUT2D eigenvalue weighted by Gasteiger charge is -2.08. The molecule has 22 heavy (non-hydrogen) atoms. The number of methoxy groups -OCH3 is 2. The number of halogens is 1. The van der Waals surface area contributed by atoms with Crippen molar-refractivity contribution in [2.24, 2.45) is 0 Å². The van der Waals surface area contributed by atoms with Crippen LogP contribution in [0.4, 0.5) is 0 Å². The molecule has 1 unspecified atom stereocenters. The molecular weight excluding hydrogens is 306 g/mol. The summed E-state index contributed by atoms with van der Waals surface area (Å²) >= 11 is 0. The Morgan fingerprint density at radius 1 is 1.27 bits per heavy atom. The van der Waals surface area contributed by atoms with Crippen LogP contribution in [0.15, 0.2) is 22.7 Å². The summed E-state index contributed by atoms with van der Waals surface area (Å²) in [5, 5.41) is 7.37. The molecule has 1 N–H and O–H groups in total. The molecule has 7 heteroatoms. The van der Waals surface area contributed by atoms with Crippen molar-refractivity contribution in [3.63, 3.8) is 0 Å². The van der Waals surface area contributed by atoms with E-state index in [0.717, 1.165) is 31.0 Å². The number of aromatic nitrogens is 2. The van der Waals surface area contributed by atoms with Gasteiger partial charge in [0.15, 0.2) is 17.3 Å². The molecule has 0 saturated carbocycles. The number of benzene rings is 1. The van der Waals surface area contributed by atoms with Crippen molar-refractivity contribution in [1.29, 1.82) is 0 Å². The van der Waals surface area contributed by atoms with Crippen molar-refractivity contribution in [3.8, 4) is 11.5 Å². The van der Waals surface area contributed by atoms with Gasteiger partial charge in [-0.1, -0.05) is 11.2 Å². The fourth-order valence-electron chi connectivity index (χ4n) is 2.54. The summed E-state index contributed by atoms with van der Waals surface area (Å²) in [6, 6.07) is 5.80. The van der Waals surface area contributed by atoms with Gasteiger partial charge in [0, 0.05) is 13.0 Å². The predicted octanol–water partition coefficient (Wildman–Crippen LogP) is 2.18. The second-order valence-corrected chi connectivity index (χ2v) is 5.10. The first-order valence-corrected chi connectivity index (χ1v) is 7.04. The molecule has 0 spiro atoms. The minimum atomic E-state index is 0. The van der Waals surface area contributed by atoms with Gasteiger partial charge in [0.25, 0.3) is 0 Å². The van der Waals surface area contributed by atoms with Gasteiger partial charge < -0.3 is 19.3 Å². The molecule has 0 aliphatic carbocycles. The second-order valence-electron chi connectivity index (χ2n) is 5.10. The first kappa shape index (κ1) is 16.6. The maximum atomic E-state index is 5.37. The Kier molecular flexibility index (Phi) is 5.63. The molecule has 1 aliphatic heterocycles. The van der Waals surface area contributed by atoms with E-state index in [2.05, 4.69) is 15.5 Å². The van der Waals surface area contributed by atoms with Crippen molar-refractivity contribution in [2.45, 2.75) is 18.8 Å². The van der Waals surface area contributed by atoms with Gasteiger partial charge in [0.05, 0.1) is 20.1 Å². The summed E-state index contributed by atoms with van der Waals surface area (Å²) in [7, 11) is 3.25. The fraction of sp³-hybridized carbons (Fsp3) is 0.467. The minimum Gasteiger partial charge on any atom is -0.493 e. The van der Waals surface area contributed by atoms with Crippen LogP contribution in [0.5, 0.6) is 11.5 Å². The highest BCUT2D eigenvalue weighted by molar-refractivity contribution is 5.85. The predicted molar refractivity (Wildman–Crippen MR) is 84.1 cm³/mol. The third-order valence-electron chi connectivity index (χ3n) is 3.70. The van der Waals surface area contributed by atoms with E-state index in [1.165, 1.54) is 0 Å². The first-order chi connectivity index (χ1) is 10.3. The van der Waals surface area contributed by atoms with Gasteiger partial charge >= 0.3 is 0 Å². The molecule has 0 radical (unpaired) electrons. The van der Waals surface area contributed by atoms with Gasteiger partial charge in [-0.05, 0) is 30.7 Å². The lowest BCUT2D eigenvalue weighted by molar-refractivity contribution is 0.353. The van der Waals surface area contributed by atoms with Crippen LogP contribution >= 0.6 is 12.4 Å². The number of ether oxygens (including phenoxy) is 2. The van der Waals surface area contributed by atoms with Crippen molar-refractivity contribution < 1.29 is 14.0 Å². The molecule has 1 fully saturated rings. The summed E-state index contributed by atoms with van der Waals surface area (Å²) in [4.78, 5) is 4.50. The Morgan fingerprint density at radius 3 is 2.77 bits per heavy atom. The molecule has 2 aromatic rings. The zero-order valence-electron chi connectivity index (χ0n) is 12.7. The van der Waals surface area contributed by atoms with Crippen LogP contribution < -0.4 is 14.8 Å². The summed E-state index contributed by atoms with van der Waals surface area (Å²) in [5.74, 6) is 3.20. The highest BCUT2D eigenvalue weighted by Crippen LogP contribution is 2.28. The van der Waals surface area contributed by atoms with E-state index in [-0.39, 0.29) is 12.4 Å². The van der Waals surface area contributed by atoms with E-state index in [1.54, 1.807) is 14.2 Å². The highest BCUT2D eigenvalue weighted by Gasteiger charge is 2.22. The second kappa shape index (κ2) is 7.47. The average molecular weight is 326 g/mol. The Bertz CT molecular complexity index is 612. The molecule has 2 heterocycles. The average Bonchev–Trinajstić information content (AvgIpc) is 3.17. The van der Waals surface area contributed by atoms with E-state index < -0.39 is 0 Å². The number of nitrogens with one attached hydrogen (secondary N) is 1. The molecule has 120 valence electrons. The number of hydrogen-bond acceptors (Lipinski definition) is 6. The molecule has 1 aromatic carbocycles. The van der Waals surface area contributed by atoms with E-state index in [9.17, 15) is 0 Å². The van der Waals surface area contributed by atoms with E-state index in [0.29, 0.717) is 29.7 Å². The molecule has 1 aromatic heterocycles. The Labute approximate surface area is 135 Å². The van der Waals surface area contributed by atoms with Crippen LogP contribution in [0.25, 0.3) is 0 Å². The summed E-state index contributed by atoms with van der Waals surface area (Å²) in [6.07, 6.45) is 1.67. The number of nitrogens with zero attached hydrogens (tertiary/aromatic N) is 2. The molecule has 3 rings (SSSR count). The minimum absolute atomic E-state index is 0. The van der Waals surface area contributed by atoms with Crippen LogP contribution in [0.2, 0.25) is 0 Å². The van der Waals surface area contributed by atoms with Crippen LogP contribution in [0, 0.1) is 0 Å². The van der Waals surface area contributed by atoms with Crippen LogP contribution in [-0.4, -0.2) is 37.4 Å². The Morgan fingerprint density at radius 2 is 2.09 bits per heavy atom. The molecule has 0 amide bonds. The lowest BCUT2D eigenvalue weighted by atomic mass is 10.1. The van der Waals surface area contributed by atoms with Gasteiger partial charge in [-0.25, -0.2) is 0 Å². The maximum absolute atomic E-state index is 5.37. The maximum Gasteiger partial charge on any atom is 0.231 e. The number of rotatable bonds is 5. The van der Waals surface area contributed by atoms with Gasteiger partial charge in [-0.15, -0.1) is 12.4 Å². The molecule has 6 nitrogen and oxygen atoms in total. The molecular formula is C15H20ClN3O3. The highest BCUT2D eigenvalue weighted by atomic mass is 35.5. The summed E-state index contributed by atoms with van der Waals surface area (Å²) in [5.41, 5.74) is 1.06. The largest absolute Gasteiger partial charge is 0.493 e. The topological polar surface area (TPSA) is 69.4 Å². The van der Waals surface area contributed by atoms with Crippen molar-refractivity contribution in [3.05, 3.63) is 35.5 Å². The quantitative estimate of drug-likeness (QED) is 0.908. The zero-order chi connectivity index (χ0) is 14.7. The zero-order valence-corrected chi connectivity index (χ0v) is 13.5. The van der Waals surface area contributed by atoms with E-state index >= 15 is 0 Å². The first-order valence-electron chi connectivity index (χ1n) is 7.04. The van der Waals surface area contributed by atoms with Crippen molar-refractivity contribution >= 4 is 12.4 Å². The smallest absolute Gasteiger partial charge is 0.231 e. The Hall–Kier alpha value is -1.79. The van der Waals surface area contributed by atoms with Crippen molar-refractivity contribution in [1.82, 2.24) is 15.5 Å². The lowest BCUT2D eigenvalue weighted by Crippen LogP contribution is -2.08. The molecule has 0 bridgehead atoms. The van der Waals surface area contributed by atoms with Gasteiger partial charge in [-0.2, -0.15) is 4.98 Å². The van der Waals surface area contributed by atoms with Crippen LogP contribution in [-0.2, 0) is 6.42 Å².